The number of pyridine rings is 1. The molecule has 0 aliphatic rings. The molecular formula is C18H25N3O2S. The second-order valence-corrected chi connectivity index (χ2v) is 7.83. The average molecular weight is 347 g/mol. The van der Waals surface area contributed by atoms with Crippen LogP contribution < -0.4 is 10.0 Å². The summed E-state index contributed by atoms with van der Waals surface area (Å²) in [6.45, 7) is 6.37. The van der Waals surface area contributed by atoms with Gasteiger partial charge in [-0.3, -0.25) is 0 Å². The second-order valence-electron chi connectivity index (χ2n) is 6.06. The van der Waals surface area contributed by atoms with Gasteiger partial charge in [0.05, 0.1) is 4.90 Å². The summed E-state index contributed by atoms with van der Waals surface area (Å²) in [6.07, 6.45) is 1.61. The van der Waals surface area contributed by atoms with Crippen molar-refractivity contribution < 1.29 is 8.42 Å². The molecule has 0 saturated heterocycles. The molecule has 1 atom stereocenters. The van der Waals surface area contributed by atoms with Crippen molar-refractivity contribution in [3.8, 4) is 0 Å². The highest BCUT2D eigenvalue weighted by atomic mass is 32.2. The van der Waals surface area contributed by atoms with Crippen molar-refractivity contribution in [3.63, 3.8) is 0 Å². The summed E-state index contributed by atoms with van der Waals surface area (Å²) >= 11 is 0. The Labute approximate surface area is 144 Å². The first-order valence-electron chi connectivity index (χ1n) is 8.13. The Morgan fingerprint density at radius 3 is 2.46 bits per heavy atom. The van der Waals surface area contributed by atoms with E-state index in [4.69, 9.17) is 0 Å². The molecule has 1 aromatic carbocycles. The van der Waals surface area contributed by atoms with Crippen molar-refractivity contribution in [2.24, 2.45) is 0 Å². The quantitative estimate of drug-likeness (QED) is 0.719. The van der Waals surface area contributed by atoms with Crippen LogP contribution in [0.1, 0.15) is 31.0 Å². The molecule has 24 heavy (non-hydrogen) atoms. The molecule has 0 fully saturated rings. The minimum absolute atomic E-state index is 0.225. The maximum Gasteiger partial charge on any atom is 0.240 e. The fourth-order valence-corrected chi connectivity index (χ4v) is 3.44. The summed E-state index contributed by atoms with van der Waals surface area (Å²) in [5, 5.41) is 3.33. The number of hydrogen-bond donors (Lipinski definition) is 2. The lowest BCUT2D eigenvalue weighted by atomic mass is 10.2. The van der Waals surface area contributed by atoms with Crippen molar-refractivity contribution in [2.45, 2.75) is 44.6 Å². The molecule has 0 radical (unpaired) electrons. The number of rotatable bonds is 8. The third-order valence-electron chi connectivity index (χ3n) is 3.72. The Balaban J connectivity index is 1.76. The fourth-order valence-electron chi connectivity index (χ4n) is 2.36. The van der Waals surface area contributed by atoms with E-state index in [0.29, 0.717) is 11.4 Å². The van der Waals surface area contributed by atoms with Gasteiger partial charge in [0.1, 0.15) is 5.82 Å². The lowest BCUT2D eigenvalue weighted by molar-refractivity contribution is 0.572. The molecule has 2 aromatic rings. The van der Waals surface area contributed by atoms with E-state index in [1.807, 2.05) is 32.0 Å². The molecule has 0 aliphatic heterocycles. The standard InChI is InChI=1S/C18H25N3O2S/c1-14-9-11-17(12-10-14)24(22,23)19-13-5-7-16(3)21-18-8-4-6-15(2)20-18/h4,6,8-12,16,19H,5,7,13H2,1-3H3,(H,20,21)/t16-/m0/s1. The van der Waals surface area contributed by atoms with Crippen LogP contribution >= 0.6 is 0 Å². The van der Waals surface area contributed by atoms with E-state index in [-0.39, 0.29) is 6.04 Å². The third-order valence-corrected chi connectivity index (χ3v) is 5.20. The van der Waals surface area contributed by atoms with Crippen LogP contribution in [0.2, 0.25) is 0 Å². The highest BCUT2D eigenvalue weighted by Gasteiger charge is 2.13. The van der Waals surface area contributed by atoms with E-state index in [1.54, 1.807) is 24.3 Å². The van der Waals surface area contributed by atoms with Crippen LogP contribution in [0.15, 0.2) is 47.4 Å². The normalized spacial score (nSPS) is 12.8. The minimum Gasteiger partial charge on any atom is -0.368 e. The Morgan fingerprint density at radius 1 is 1.08 bits per heavy atom. The topological polar surface area (TPSA) is 71.1 Å². The van der Waals surface area contributed by atoms with Crippen LogP contribution in [0.5, 0.6) is 0 Å². The molecule has 0 amide bonds. The first-order valence-corrected chi connectivity index (χ1v) is 9.62. The van der Waals surface area contributed by atoms with Crippen molar-refractivity contribution >= 4 is 15.8 Å². The SMILES string of the molecule is Cc1ccc(S(=O)(=O)NCCC[C@H](C)Nc2cccc(C)n2)cc1. The van der Waals surface area contributed by atoms with Crippen molar-refractivity contribution in [3.05, 3.63) is 53.7 Å². The van der Waals surface area contributed by atoms with Gasteiger partial charge in [0.15, 0.2) is 0 Å². The minimum atomic E-state index is -3.42. The first-order chi connectivity index (χ1) is 11.4. The molecule has 0 unspecified atom stereocenters. The highest BCUT2D eigenvalue weighted by molar-refractivity contribution is 7.89. The lowest BCUT2D eigenvalue weighted by Crippen LogP contribution is -2.26. The van der Waals surface area contributed by atoms with Gasteiger partial charge >= 0.3 is 0 Å². The van der Waals surface area contributed by atoms with E-state index >= 15 is 0 Å². The maximum atomic E-state index is 12.2. The van der Waals surface area contributed by atoms with Gasteiger partial charge in [-0.15, -0.1) is 0 Å². The molecule has 130 valence electrons. The molecule has 0 spiro atoms. The third kappa shape index (κ3) is 5.62. The summed E-state index contributed by atoms with van der Waals surface area (Å²) in [5.41, 5.74) is 2.01. The zero-order chi connectivity index (χ0) is 17.6. The first kappa shape index (κ1) is 18.4. The average Bonchev–Trinajstić information content (AvgIpc) is 2.52. The van der Waals surface area contributed by atoms with Gasteiger partial charge in [-0.1, -0.05) is 23.8 Å². The number of nitrogens with zero attached hydrogens (tertiary/aromatic N) is 1. The van der Waals surface area contributed by atoms with Gasteiger partial charge < -0.3 is 5.32 Å². The number of sulfonamides is 1. The maximum absolute atomic E-state index is 12.2. The van der Waals surface area contributed by atoms with Crippen LogP contribution in [0.25, 0.3) is 0 Å². The number of benzene rings is 1. The predicted octanol–water partition coefficient (Wildman–Crippen LogP) is 3.26. The molecule has 2 N–H and O–H groups in total. The number of aryl methyl sites for hydroxylation is 2. The fraction of sp³-hybridized carbons (Fsp3) is 0.389. The Kier molecular flexibility index (Phi) is 6.34. The van der Waals surface area contributed by atoms with E-state index in [0.717, 1.165) is 29.9 Å². The van der Waals surface area contributed by atoms with E-state index in [9.17, 15) is 8.42 Å². The monoisotopic (exact) mass is 347 g/mol. The summed E-state index contributed by atoms with van der Waals surface area (Å²) in [6, 6.07) is 12.9. The van der Waals surface area contributed by atoms with Crippen molar-refractivity contribution in [1.29, 1.82) is 0 Å². The molecule has 0 saturated carbocycles. The Hall–Kier alpha value is -1.92. The largest absolute Gasteiger partial charge is 0.368 e. The van der Waals surface area contributed by atoms with E-state index in [1.165, 1.54) is 0 Å². The Bertz CT molecular complexity index is 758. The number of aromatic nitrogens is 1. The smallest absolute Gasteiger partial charge is 0.240 e. The van der Waals surface area contributed by atoms with Crippen molar-refractivity contribution in [2.75, 3.05) is 11.9 Å². The number of hydrogen-bond acceptors (Lipinski definition) is 4. The van der Waals surface area contributed by atoms with Gasteiger partial charge in [0.2, 0.25) is 10.0 Å². The van der Waals surface area contributed by atoms with Crippen molar-refractivity contribution in [1.82, 2.24) is 9.71 Å². The summed E-state index contributed by atoms with van der Waals surface area (Å²) in [4.78, 5) is 4.71. The van der Waals surface area contributed by atoms with E-state index in [2.05, 4.69) is 21.9 Å². The molecule has 6 heteroatoms. The predicted molar refractivity (Wildman–Crippen MR) is 97.7 cm³/mol. The summed E-state index contributed by atoms with van der Waals surface area (Å²) in [7, 11) is -3.42. The lowest BCUT2D eigenvalue weighted by Gasteiger charge is -2.15. The molecule has 1 aromatic heterocycles. The van der Waals surface area contributed by atoms with Crippen LogP contribution in [-0.4, -0.2) is 26.0 Å². The number of nitrogens with one attached hydrogen (secondary N) is 2. The summed E-state index contributed by atoms with van der Waals surface area (Å²) in [5.74, 6) is 0.850. The zero-order valence-corrected chi connectivity index (χ0v) is 15.2. The van der Waals surface area contributed by atoms with Crippen LogP contribution in [0.3, 0.4) is 0 Å². The van der Waals surface area contributed by atoms with Crippen LogP contribution in [0, 0.1) is 13.8 Å². The Morgan fingerprint density at radius 2 is 1.79 bits per heavy atom. The molecule has 0 aliphatic carbocycles. The second kappa shape index (κ2) is 8.26. The highest BCUT2D eigenvalue weighted by Crippen LogP contribution is 2.11. The molecular weight excluding hydrogens is 322 g/mol. The van der Waals surface area contributed by atoms with Gasteiger partial charge in [-0.2, -0.15) is 0 Å². The molecule has 0 bridgehead atoms. The number of anilines is 1. The van der Waals surface area contributed by atoms with Crippen LogP contribution in [0.4, 0.5) is 5.82 Å². The van der Waals surface area contributed by atoms with E-state index < -0.39 is 10.0 Å². The molecule has 1 heterocycles. The van der Waals surface area contributed by atoms with Crippen LogP contribution in [-0.2, 0) is 10.0 Å². The molecule has 2 rings (SSSR count). The van der Waals surface area contributed by atoms with Gasteiger partial charge in [-0.25, -0.2) is 18.1 Å². The van der Waals surface area contributed by atoms with Gasteiger partial charge in [0.25, 0.3) is 0 Å². The zero-order valence-electron chi connectivity index (χ0n) is 14.4. The van der Waals surface area contributed by atoms with Gasteiger partial charge in [-0.05, 0) is 57.9 Å². The molecule has 5 nitrogen and oxygen atoms in total. The van der Waals surface area contributed by atoms with Gasteiger partial charge in [0, 0.05) is 18.3 Å². The summed E-state index contributed by atoms with van der Waals surface area (Å²) < 4.78 is 27.0.